The highest BCUT2D eigenvalue weighted by Crippen LogP contribution is 2.35. The van der Waals surface area contributed by atoms with Gasteiger partial charge in [-0.1, -0.05) is 13.3 Å². The van der Waals surface area contributed by atoms with Crippen LogP contribution in [-0.2, 0) is 4.79 Å². The van der Waals surface area contributed by atoms with Gasteiger partial charge in [0.25, 0.3) is 0 Å². The van der Waals surface area contributed by atoms with E-state index in [0.29, 0.717) is 28.7 Å². The van der Waals surface area contributed by atoms with Crippen molar-refractivity contribution < 1.29 is 14.3 Å². The number of rotatable bonds is 7. The van der Waals surface area contributed by atoms with Crippen molar-refractivity contribution >= 4 is 22.4 Å². The third-order valence-electron chi connectivity index (χ3n) is 3.70. The largest absolute Gasteiger partial charge is 0.497 e. The van der Waals surface area contributed by atoms with E-state index < -0.39 is 5.54 Å². The number of nitrogens with zero attached hydrogens (tertiary/aromatic N) is 1. The van der Waals surface area contributed by atoms with Crippen LogP contribution < -0.4 is 20.5 Å². The first-order chi connectivity index (χ1) is 11.4. The Kier molecular flexibility index (Phi) is 5.80. The second-order valence-corrected chi connectivity index (χ2v) is 6.58. The van der Waals surface area contributed by atoms with E-state index in [2.05, 4.69) is 10.3 Å². The molecule has 0 spiro atoms. The number of nitrogens with two attached hydrogens (primary N) is 1. The summed E-state index contributed by atoms with van der Waals surface area (Å²) < 4.78 is 10.6. The Balaban J connectivity index is 2.24. The molecule has 0 aliphatic heterocycles. The fourth-order valence-corrected chi connectivity index (χ4v) is 3.05. The van der Waals surface area contributed by atoms with Crippen molar-refractivity contribution in [3.63, 3.8) is 0 Å². The number of carbonyl (C=O) groups is 1. The summed E-state index contributed by atoms with van der Waals surface area (Å²) in [5.74, 6) is 1.17. The molecule has 1 aromatic carbocycles. The molecule has 2 rings (SSSR count). The maximum atomic E-state index is 12.3. The summed E-state index contributed by atoms with van der Waals surface area (Å²) in [5, 5.41) is 5.16. The topological polar surface area (TPSA) is 86.5 Å². The zero-order valence-electron chi connectivity index (χ0n) is 14.4. The van der Waals surface area contributed by atoms with Gasteiger partial charge in [-0.15, -0.1) is 11.3 Å². The number of ether oxygens (including phenoxy) is 2. The predicted molar refractivity (Wildman–Crippen MR) is 96.8 cm³/mol. The van der Waals surface area contributed by atoms with Crippen LogP contribution in [0, 0.1) is 0 Å². The molecule has 1 atom stereocenters. The molecule has 6 nitrogen and oxygen atoms in total. The Bertz CT molecular complexity index is 713. The van der Waals surface area contributed by atoms with Gasteiger partial charge in [0.15, 0.2) is 5.13 Å². The number of hydrogen-bond acceptors (Lipinski definition) is 6. The Morgan fingerprint density at radius 3 is 2.75 bits per heavy atom. The molecular weight excluding hydrogens is 326 g/mol. The SMILES string of the molecule is CCCC(C)(N)C(=O)Nc1nc(-c2cc(OC)ccc2OC)cs1. The van der Waals surface area contributed by atoms with Crippen LogP contribution in [0.1, 0.15) is 26.7 Å². The second-order valence-electron chi connectivity index (χ2n) is 5.73. The Labute approximate surface area is 146 Å². The van der Waals surface area contributed by atoms with Crippen molar-refractivity contribution in [2.24, 2.45) is 5.73 Å². The molecule has 0 saturated heterocycles. The Hall–Kier alpha value is -2.12. The first-order valence-corrected chi connectivity index (χ1v) is 8.57. The van der Waals surface area contributed by atoms with E-state index in [1.54, 1.807) is 21.1 Å². The van der Waals surface area contributed by atoms with E-state index in [4.69, 9.17) is 15.2 Å². The highest BCUT2D eigenvalue weighted by molar-refractivity contribution is 7.14. The predicted octanol–water partition coefficient (Wildman–Crippen LogP) is 3.28. The summed E-state index contributed by atoms with van der Waals surface area (Å²) in [7, 11) is 3.21. The van der Waals surface area contributed by atoms with Crippen LogP contribution in [0.5, 0.6) is 11.5 Å². The molecule has 0 saturated carbocycles. The highest BCUT2D eigenvalue weighted by Gasteiger charge is 2.28. The van der Waals surface area contributed by atoms with Gasteiger partial charge in [0.05, 0.1) is 25.5 Å². The number of hydrogen-bond donors (Lipinski definition) is 2. The van der Waals surface area contributed by atoms with Crippen molar-refractivity contribution in [1.29, 1.82) is 0 Å². The van der Waals surface area contributed by atoms with E-state index in [9.17, 15) is 4.79 Å². The van der Waals surface area contributed by atoms with Gasteiger partial charge in [-0.25, -0.2) is 4.98 Å². The molecule has 1 aromatic heterocycles. The van der Waals surface area contributed by atoms with Gasteiger partial charge in [0.1, 0.15) is 11.5 Å². The van der Waals surface area contributed by atoms with Crippen LogP contribution in [0.3, 0.4) is 0 Å². The molecule has 0 bridgehead atoms. The van der Waals surface area contributed by atoms with Crippen molar-refractivity contribution in [3.8, 4) is 22.8 Å². The number of anilines is 1. The summed E-state index contributed by atoms with van der Waals surface area (Å²) >= 11 is 1.34. The number of nitrogens with one attached hydrogen (secondary N) is 1. The lowest BCUT2D eigenvalue weighted by atomic mass is 9.97. The minimum Gasteiger partial charge on any atom is -0.497 e. The highest BCUT2D eigenvalue weighted by atomic mass is 32.1. The van der Waals surface area contributed by atoms with Crippen molar-refractivity contribution in [3.05, 3.63) is 23.6 Å². The Morgan fingerprint density at radius 2 is 2.12 bits per heavy atom. The standard InChI is InChI=1S/C17H23N3O3S/c1-5-8-17(2,18)15(21)20-16-19-13(10-24-16)12-9-11(22-3)6-7-14(12)23-4/h6-7,9-10H,5,8,18H2,1-4H3,(H,19,20,21). The fourth-order valence-electron chi connectivity index (χ4n) is 2.34. The average molecular weight is 349 g/mol. The fraction of sp³-hybridized carbons (Fsp3) is 0.412. The maximum Gasteiger partial charge on any atom is 0.245 e. The van der Waals surface area contributed by atoms with Crippen LogP contribution in [0.15, 0.2) is 23.6 Å². The monoisotopic (exact) mass is 349 g/mol. The molecule has 1 amide bonds. The normalized spacial score (nSPS) is 13.2. The third-order valence-corrected chi connectivity index (χ3v) is 4.45. The summed E-state index contributed by atoms with van der Waals surface area (Å²) in [6, 6.07) is 5.50. The van der Waals surface area contributed by atoms with E-state index in [0.717, 1.165) is 12.0 Å². The molecule has 0 aliphatic carbocycles. The zero-order valence-corrected chi connectivity index (χ0v) is 15.2. The lowest BCUT2D eigenvalue weighted by molar-refractivity contribution is -0.120. The van der Waals surface area contributed by atoms with Gasteiger partial charge < -0.3 is 20.5 Å². The summed E-state index contributed by atoms with van der Waals surface area (Å²) in [4.78, 5) is 16.8. The lowest BCUT2D eigenvalue weighted by Crippen LogP contribution is -2.48. The zero-order chi connectivity index (χ0) is 17.7. The van der Waals surface area contributed by atoms with Gasteiger partial charge in [0.2, 0.25) is 5.91 Å². The third kappa shape index (κ3) is 4.04. The molecule has 0 fully saturated rings. The average Bonchev–Trinajstić information content (AvgIpc) is 3.02. The molecule has 24 heavy (non-hydrogen) atoms. The molecule has 3 N–H and O–H groups in total. The molecule has 2 aromatic rings. The molecule has 130 valence electrons. The van der Waals surface area contributed by atoms with Gasteiger partial charge in [0, 0.05) is 10.9 Å². The smallest absolute Gasteiger partial charge is 0.245 e. The number of amides is 1. The van der Waals surface area contributed by atoms with Crippen LogP contribution in [-0.4, -0.2) is 30.6 Å². The molecule has 1 unspecified atom stereocenters. The van der Waals surface area contributed by atoms with Crippen molar-refractivity contribution in [1.82, 2.24) is 4.98 Å². The van der Waals surface area contributed by atoms with E-state index in [1.807, 2.05) is 30.5 Å². The van der Waals surface area contributed by atoms with Crippen LogP contribution in [0.25, 0.3) is 11.3 Å². The Morgan fingerprint density at radius 1 is 1.38 bits per heavy atom. The quantitative estimate of drug-likeness (QED) is 0.801. The van der Waals surface area contributed by atoms with E-state index >= 15 is 0 Å². The van der Waals surface area contributed by atoms with E-state index in [1.165, 1.54) is 11.3 Å². The van der Waals surface area contributed by atoms with Crippen LogP contribution in [0.2, 0.25) is 0 Å². The molecule has 7 heteroatoms. The van der Waals surface area contributed by atoms with Crippen LogP contribution >= 0.6 is 11.3 Å². The molecule has 0 aliphatic rings. The number of aromatic nitrogens is 1. The first kappa shape index (κ1) is 18.2. The summed E-state index contributed by atoms with van der Waals surface area (Å²) in [5.41, 5.74) is 6.65. The lowest BCUT2D eigenvalue weighted by Gasteiger charge is -2.21. The number of methoxy groups -OCH3 is 2. The van der Waals surface area contributed by atoms with Gasteiger partial charge in [-0.2, -0.15) is 0 Å². The van der Waals surface area contributed by atoms with E-state index in [-0.39, 0.29) is 5.91 Å². The van der Waals surface area contributed by atoms with Crippen molar-refractivity contribution in [2.45, 2.75) is 32.2 Å². The maximum absolute atomic E-state index is 12.3. The second kappa shape index (κ2) is 7.63. The summed E-state index contributed by atoms with van der Waals surface area (Å²) in [6.45, 7) is 3.72. The minimum absolute atomic E-state index is 0.233. The van der Waals surface area contributed by atoms with Crippen molar-refractivity contribution in [2.75, 3.05) is 19.5 Å². The van der Waals surface area contributed by atoms with Crippen LogP contribution in [0.4, 0.5) is 5.13 Å². The van der Waals surface area contributed by atoms with Gasteiger partial charge in [-0.3, -0.25) is 4.79 Å². The first-order valence-electron chi connectivity index (χ1n) is 7.69. The molecule has 0 radical (unpaired) electrons. The van der Waals surface area contributed by atoms with Gasteiger partial charge in [-0.05, 0) is 31.5 Å². The molecular formula is C17H23N3O3S. The summed E-state index contributed by atoms with van der Waals surface area (Å²) in [6.07, 6.45) is 1.45. The number of benzene rings is 1. The minimum atomic E-state index is -0.908. The number of carbonyl (C=O) groups excluding carboxylic acids is 1. The number of thiazole rings is 1. The molecule has 1 heterocycles. The van der Waals surface area contributed by atoms with Gasteiger partial charge >= 0.3 is 0 Å².